The van der Waals surface area contributed by atoms with Gasteiger partial charge in [-0.05, 0) is 42.7 Å². The smallest absolute Gasteiger partial charge is 0.216 e. The first kappa shape index (κ1) is 20.4. The highest BCUT2D eigenvalue weighted by Crippen LogP contribution is 2.14. The molecule has 2 aromatic rings. The van der Waals surface area contributed by atoms with Crippen LogP contribution in [0, 0.1) is 17.5 Å². The summed E-state index contributed by atoms with van der Waals surface area (Å²) in [5.41, 5.74) is 1.83. The molecule has 0 aliphatic rings. The van der Waals surface area contributed by atoms with Crippen LogP contribution in [0.4, 0.5) is 13.2 Å². The van der Waals surface area contributed by atoms with E-state index in [-0.39, 0.29) is 18.3 Å². The van der Waals surface area contributed by atoms with Gasteiger partial charge in [0.1, 0.15) is 0 Å². The van der Waals surface area contributed by atoms with Crippen LogP contribution in [0.25, 0.3) is 0 Å². The normalized spacial score (nSPS) is 11.9. The summed E-state index contributed by atoms with van der Waals surface area (Å²) in [6.45, 7) is 4.09. The fraction of sp³-hybridized carbons (Fsp3) is 0.333. The van der Waals surface area contributed by atoms with Crippen LogP contribution in [-0.4, -0.2) is 14.5 Å². The minimum atomic E-state index is -3.38. The highest BCUT2D eigenvalue weighted by atomic mass is 32.2. The van der Waals surface area contributed by atoms with Gasteiger partial charge in [0, 0.05) is 19.1 Å². The molecule has 2 aromatic carbocycles. The third-order valence-corrected chi connectivity index (χ3v) is 5.04. The highest BCUT2D eigenvalue weighted by Gasteiger charge is 2.13. The zero-order chi connectivity index (χ0) is 19.3. The van der Waals surface area contributed by atoms with Gasteiger partial charge in [-0.25, -0.2) is 26.3 Å². The van der Waals surface area contributed by atoms with E-state index in [0.29, 0.717) is 17.7 Å². The first-order valence-electron chi connectivity index (χ1n) is 8.08. The quantitative estimate of drug-likeness (QED) is 0.685. The van der Waals surface area contributed by atoms with E-state index in [9.17, 15) is 21.6 Å². The molecule has 0 fully saturated rings. The second-order valence-electron chi connectivity index (χ2n) is 6.33. The second-order valence-corrected chi connectivity index (χ2v) is 8.08. The van der Waals surface area contributed by atoms with E-state index in [0.717, 1.165) is 17.7 Å². The largest absolute Gasteiger partial charge is 0.309 e. The fourth-order valence-electron chi connectivity index (χ4n) is 2.43. The maximum atomic E-state index is 13.2. The van der Waals surface area contributed by atoms with Crippen LogP contribution in [-0.2, 0) is 28.9 Å². The van der Waals surface area contributed by atoms with E-state index in [1.807, 2.05) is 0 Å². The van der Waals surface area contributed by atoms with Crippen molar-refractivity contribution in [3.05, 3.63) is 70.5 Å². The SMILES string of the molecule is CC(C)NS(=O)(=O)Cc1ccc(CNCc2cc(F)c(F)c(F)c2)cc1. The van der Waals surface area contributed by atoms with E-state index >= 15 is 0 Å². The molecule has 0 bridgehead atoms. The van der Waals surface area contributed by atoms with E-state index in [2.05, 4.69) is 10.0 Å². The van der Waals surface area contributed by atoms with Crippen molar-refractivity contribution in [2.24, 2.45) is 0 Å². The van der Waals surface area contributed by atoms with Crippen LogP contribution in [0.2, 0.25) is 0 Å². The monoisotopic (exact) mass is 386 g/mol. The molecule has 2 rings (SSSR count). The molecule has 0 spiro atoms. The predicted molar refractivity (Wildman–Crippen MR) is 94.2 cm³/mol. The van der Waals surface area contributed by atoms with Gasteiger partial charge in [0.05, 0.1) is 5.75 Å². The predicted octanol–water partition coefficient (Wildman–Crippen LogP) is 3.22. The van der Waals surface area contributed by atoms with Crippen LogP contribution < -0.4 is 10.0 Å². The number of hydrogen-bond donors (Lipinski definition) is 2. The van der Waals surface area contributed by atoms with Gasteiger partial charge >= 0.3 is 0 Å². The molecule has 0 atom stereocenters. The zero-order valence-corrected chi connectivity index (χ0v) is 15.3. The van der Waals surface area contributed by atoms with Crippen molar-refractivity contribution < 1.29 is 21.6 Å². The molecule has 2 N–H and O–H groups in total. The number of hydrogen-bond acceptors (Lipinski definition) is 3. The van der Waals surface area contributed by atoms with Crippen molar-refractivity contribution in [1.82, 2.24) is 10.0 Å². The number of halogens is 3. The molecule has 0 aliphatic heterocycles. The van der Waals surface area contributed by atoms with Crippen molar-refractivity contribution in [2.75, 3.05) is 0 Å². The third kappa shape index (κ3) is 6.12. The number of sulfonamides is 1. The lowest BCUT2D eigenvalue weighted by atomic mass is 10.1. The van der Waals surface area contributed by atoms with E-state index < -0.39 is 27.5 Å². The fourth-order valence-corrected chi connectivity index (χ4v) is 3.87. The van der Waals surface area contributed by atoms with Crippen molar-refractivity contribution in [3.8, 4) is 0 Å². The maximum Gasteiger partial charge on any atom is 0.216 e. The van der Waals surface area contributed by atoms with E-state index in [1.165, 1.54) is 0 Å². The van der Waals surface area contributed by atoms with Gasteiger partial charge in [-0.15, -0.1) is 0 Å². The number of rotatable bonds is 8. The Morgan fingerprint density at radius 2 is 1.38 bits per heavy atom. The summed E-state index contributed by atoms with van der Waals surface area (Å²) in [6.07, 6.45) is 0. The number of benzene rings is 2. The third-order valence-electron chi connectivity index (χ3n) is 3.50. The summed E-state index contributed by atoms with van der Waals surface area (Å²) < 4.78 is 65.5. The molecule has 142 valence electrons. The van der Waals surface area contributed by atoms with E-state index in [1.54, 1.807) is 38.1 Å². The summed E-state index contributed by atoms with van der Waals surface area (Å²) in [5, 5.41) is 3.00. The molecule has 0 saturated heterocycles. The van der Waals surface area contributed by atoms with Crippen LogP contribution in [0.1, 0.15) is 30.5 Å². The zero-order valence-electron chi connectivity index (χ0n) is 14.5. The second kappa shape index (κ2) is 8.66. The Bertz CT molecular complexity index is 830. The lowest BCUT2D eigenvalue weighted by Crippen LogP contribution is -2.31. The van der Waals surface area contributed by atoms with Gasteiger partial charge in [-0.2, -0.15) is 0 Å². The molecule has 0 amide bonds. The Kier molecular flexibility index (Phi) is 6.80. The minimum Gasteiger partial charge on any atom is -0.309 e. The Labute approximate surface area is 151 Å². The Morgan fingerprint density at radius 1 is 0.885 bits per heavy atom. The molecule has 4 nitrogen and oxygen atoms in total. The standard InChI is InChI=1S/C18H21F3N2O2S/c1-12(2)23-26(24,25)11-14-5-3-13(4-6-14)9-22-10-15-7-16(19)18(21)17(20)8-15/h3-8,12,22-23H,9-11H2,1-2H3. The molecule has 8 heteroatoms. The summed E-state index contributed by atoms with van der Waals surface area (Å²) in [5.74, 6) is -4.02. The minimum absolute atomic E-state index is 0.104. The Morgan fingerprint density at radius 3 is 1.92 bits per heavy atom. The summed E-state index contributed by atoms with van der Waals surface area (Å²) in [4.78, 5) is 0. The molecule has 0 saturated carbocycles. The van der Waals surface area contributed by atoms with Gasteiger partial charge in [0.15, 0.2) is 17.5 Å². The molecular formula is C18H21F3N2O2S. The molecule has 0 radical (unpaired) electrons. The molecular weight excluding hydrogens is 365 g/mol. The van der Waals surface area contributed by atoms with Gasteiger partial charge in [0.25, 0.3) is 0 Å². The first-order chi connectivity index (χ1) is 12.2. The van der Waals surface area contributed by atoms with Gasteiger partial charge < -0.3 is 5.32 Å². The topological polar surface area (TPSA) is 58.2 Å². The van der Waals surface area contributed by atoms with Crippen molar-refractivity contribution in [1.29, 1.82) is 0 Å². The first-order valence-corrected chi connectivity index (χ1v) is 9.73. The van der Waals surface area contributed by atoms with Crippen LogP contribution in [0.5, 0.6) is 0 Å². The van der Waals surface area contributed by atoms with Crippen molar-refractivity contribution >= 4 is 10.0 Å². The van der Waals surface area contributed by atoms with Crippen LogP contribution >= 0.6 is 0 Å². The van der Waals surface area contributed by atoms with E-state index in [4.69, 9.17) is 0 Å². The summed E-state index contributed by atoms with van der Waals surface area (Å²) in [6, 6.07) is 8.71. The molecule has 26 heavy (non-hydrogen) atoms. The van der Waals surface area contributed by atoms with Crippen LogP contribution in [0.15, 0.2) is 36.4 Å². The Hall–Kier alpha value is -1.90. The lowest BCUT2D eigenvalue weighted by molar-refractivity contribution is 0.444. The summed E-state index contributed by atoms with van der Waals surface area (Å²) >= 11 is 0. The van der Waals surface area contributed by atoms with Crippen LogP contribution in [0.3, 0.4) is 0 Å². The summed E-state index contributed by atoms with van der Waals surface area (Å²) in [7, 11) is -3.38. The lowest BCUT2D eigenvalue weighted by Gasteiger charge is -2.10. The Balaban J connectivity index is 1.90. The number of nitrogens with one attached hydrogen (secondary N) is 2. The average molecular weight is 386 g/mol. The van der Waals surface area contributed by atoms with Gasteiger partial charge in [0.2, 0.25) is 10.0 Å². The van der Waals surface area contributed by atoms with Gasteiger partial charge in [-0.3, -0.25) is 0 Å². The van der Waals surface area contributed by atoms with Crippen molar-refractivity contribution in [3.63, 3.8) is 0 Å². The average Bonchev–Trinajstić information content (AvgIpc) is 2.52. The molecule has 0 aliphatic carbocycles. The highest BCUT2D eigenvalue weighted by molar-refractivity contribution is 7.88. The maximum absolute atomic E-state index is 13.2. The van der Waals surface area contributed by atoms with Gasteiger partial charge in [-0.1, -0.05) is 24.3 Å². The molecule has 0 unspecified atom stereocenters. The molecule has 0 heterocycles. The van der Waals surface area contributed by atoms with Crippen molar-refractivity contribution in [2.45, 2.75) is 38.7 Å². The molecule has 0 aromatic heterocycles.